The third-order valence-electron chi connectivity index (χ3n) is 3.65. The molecule has 0 aliphatic carbocycles. The Bertz CT molecular complexity index is 531. The van der Waals surface area contributed by atoms with Gasteiger partial charge in [-0.05, 0) is 18.2 Å². The Morgan fingerprint density at radius 1 is 1.24 bits per heavy atom. The fourth-order valence-corrected chi connectivity index (χ4v) is 2.47. The van der Waals surface area contributed by atoms with E-state index in [1.807, 2.05) is 0 Å². The molecule has 21 heavy (non-hydrogen) atoms. The van der Waals surface area contributed by atoms with Gasteiger partial charge >= 0.3 is 5.97 Å². The quantitative estimate of drug-likeness (QED) is 0.778. The Hall–Kier alpha value is -2.08. The highest BCUT2D eigenvalue weighted by Gasteiger charge is 2.40. The third-order valence-corrected chi connectivity index (χ3v) is 3.65. The number of nitrogens with zero attached hydrogens (tertiary/aromatic N) is 1. The Labute approximate surface area is 123 Å². The number of amides is 1. The molecule has 1 aliphatic rings. The zero-order valence-corrected chi connectivity index (χ0v) is 12.4. The lowest BCUT2D eigenvalue weighted by atomic mass is 10.1. The monoisotopic (exact) mass is 293 g/mol. The SMILES string of the molecule is COC(=O)[C@@H]1C[C@@H](OC)CN1C(=O)c1cccc(OC)c1. The van der Waals surface area contributed by atoms with E-state index < -0.39 is 12.0 Å². The van der Waals surface area contributed by atoms with E-state index in [9.17, 15) is 9.59 Å². The van der Waals surface area contributed by atoms with Crippen LogP contribution in [0.1, 0.15) is 16.8 Å². The number of rotatable bonds is 4. The van der Waals surface area contributed by atoms with Gasteiger partial charge < -0.3 is 19.1 Å². The molecule has 2 rings (SSSR count). The number of methoxy groups -OCH3 is 3. The summed E-state index contributed by atoms with van der Waals surface area (Å²) < 4.78 is 15.2. The summed E-state index contributed by atoms with van der Waals surface area (Å²) in [5, 5.41) is 0. The summed E-state index contributed by atoms with van der Waals surface area (Å²) in [6.07, 6.45) is 0.280. The maximum atomic E-state index is 12.6. The minimum Gasteiger partial charge on any atom is -0.497 e. The minimum atomic E-state index is -0.612. The summed E-state index contributed by atoms with van der Waals surface area (Å²) in [6.45, 7) is 0.367. The summed E-state index contributed by atoms with van der Waals surface area (Å²) in [5.74, 6) is -0.0624. The van der Waals surface area contributed by atoms with E-state index in [0.29, 0.717) is 24.3 Å². The molecular formula is C15H19NO5. The Kier molecular flexibility index (Phi) is 4.80. The molecule has 6 heteroatoms. The number of carbonyl (C=O) groups excluding carboxylic acids is 2. The molecule has 1 saturated heterocycles. The smallest absolute Gasteiger partial charge is 0.328 e. The van der Waals surface area contributed by atoms with Crippen molar-refractivity contribution >= 4 is 11.9 Å². The average Bonchev–Trinajstić information content (AvgIpc) is 2.97. The second-order valence-corrected chi connectivity index (χ2v) is 4.82. The first kappa shape index (κ1) is 15.3. The van der Waals surface area contributed by atoms with E-state index in [-0.39, 0.29) is 12.0 Å². The number of hydrogen-bond acceptors (Lipinski definition) is 5. The second kappa shape index (κ2) is 6.58. The molecule has 1 aliphatic heterocycles. The lowest BCUT2D eigenvalue weighted by Crippen LogP contribution is -2.41. The van der Waals surface area contributed by atoms with Gasteiger partial charge in [0.2, 0.25) is 0 Å². The van der Waals surface area contributed by atoms with Gasteiger partial charge in [0.05, 0.1) is 20.3 Å². The normalized spacial score (nSPS) is 21.2. The molecule has 1 aromatic carbocycles. The van der Waals surface area contributed by atoms with Gasteiger partial charge in [0.25, 0.3) is 5.91 Å². The van der Waals surface area contributed by atoms with Crippen LogP contribution in [0.5, 0.6) is 5.75 Å². The molecular weight excluding hydrogens is 274 g/mol. The zero-order valence-electron chi connectivity index (χ0n) is 12.4. The van der Waals surface area contributed by atoms with Gasteiger partial charge in [-0.1, -0.05) is 6.07 Å². The van der Waals surface area contributed by atoms with Gasteiger partial charge in [-0.2, -0.15) is 0 Å². The van der Waals surface area contributed by atoms with E-state index in [4.69, 9.17) is 14.2 Å². The first-order chi connectivity index (χ1) is 10.1. The first-order valence-corrected chi connectivity index (χ1v) is 6.66. The molecule has 6 nitrogen and oxygen atoms in total. The van der Waals surface area contributed by atoms with E-state index in [2.05, 4.69) is 0 Å². The van der Waals surface area contributed by atoms with Crippen molar-refractivity contribution in [3.63, 3.8) is 0 Å². The predicted octanol–water partition coefficient (Wildman–Crippen LogP) is 1.10. The van der Waals surface area contributed by atoms with Gasteiger partial charge in [-0.15, -0.1) is 0 Å². The largest absolute Gasteiger partial charge is 0.497 e. The predicted molar refractivity (Wildman–Crippen MR) is 75.2 cm³/mol. The van der Waals surface area contributed by atoms with Crippen LogP contribution in [0.3, 0.4) is 0 Å². The fourth-order valence-electron chi connectivity index (χ4n) is 2.47. The van der Waals surface area contributed by atoms with Crippen LogP contribution < -0.4 is 4.74 Å². The van der Waals surface area contributed by atoms with Gasteiger partial charge in [0, 0.05) is 25.6 Å². The van der Waals surface area contributed by atoms with Crippen molar-refractivity contribution in [1.29, 1.82) is 0 Å². The van der Waals surface area contributed by atoms with E-state index in [0.717, 1.165) is 0 Å². The Balaban J connectivity index is 2.24. The van der Waals surface area contributed by atoms with Gasteiger partial charge in [0.1, 0.15) is 11.8 Å². The molecule has 2 atom stereocenters. The first-order valence-electron chi connectivity index (χ1n) is 6.66. The van der Waals surface area contributed by atoms with Crippen molar-refractivity contribution in [2.45, 2.75) is 18.6 Å². The molecule has 0 unspecified atom stereocenters. The molecule has 0 aromatic heterocycles. The standard InChI is InChI=1S/C15H19NO5/c1-19-11-6-4-5-10(7-11)14(17)16-9-12(20-2)8-13(16)15(18)21-3/h4-7,12-13H,8-9H2,1-3H3/t12-,13+/m1/s1. The summed E-state index contributed by atoms with van der Waals surface area (Å²) in [7, 11) is 4.42. The highest BCUT2D eigenvalue weighted by molar-refractivity contribution is 5.97. The van der Waals surface area contributed by atoms with Crippen molar-refractivity contribution in [1.82, 2.24) is 4.90 Å². The lowest BCUT2D eigenvalue weighted by Gasteiger charge is -2.22. The number of esters is 1. The molecule has 0 spiro atoms. The molecule has 0 bridgehead atoms. The number of ether oxygens (including phenoxy) is 3. The number of likely N-dealkylation sites (tertiary alicyclic amines) is 1. The van der Waals surface area contributed by atoms with Crippen molar-refractivity contribution in [2.24, 2.45) is 0 Å². The summed E-state index contributed by atoms with van der Waals surface area (Å²) in [6, 6.07) is 6.23. The van der Waals surface area contributed by atoms with Crippen molar-refractivity contribution < 1.29 is 23.8 Å². The van der Waals surface area contributed by atoms with E-state index >= 15 is 0 Å². The van der Waals surface area contributed by atoms with Gasteiger partial charge in [0.15, 0.2) is 0 Å². The topological polar surface area (TPSA) is 65.1 Å². The van der Waals surface area contributed by atoms with Crippen LogP contribution in [0.2, 0.25) is 0 Å². The lowest BCUT2D eigenvalue weighted by molar-refractivity contribution is -0.145. The molecule has 114 valence electrons. The minimum absolute atomic E-state index is 0.163. The molecule has 1 fully saturated rings. The van der Waals surface area contributed by atoms with Crippen LogP contribution in [-0.4, -0.2) is 56.8 Å². The highest BCUT2D eigenvalue weighted by Crippen LogP contribution is 2.24. The van der Waals surface area contributed by atoms with Crippen molar-refractivity contribution in [3.05, 3.63) is 29.8 Å². The number of benzene rings is 1. The van der Waals surface area contributed by atoms with Crippen LogP contribution in [0.15, 0.2) is 24.3 Å². The van der Waals surface area contributed by atoms with Crippen molar-refractivity contribution in [3.8, 4) is 5.75 Å². The third kappa shape index (κ3) is 3.16. The van der Waals surface area contributed by atoms with Crippen LogP contribution in [0.25, 0.3) is 0 Å². The Morgan fingerprint density at radius 2 is 2.00 bits per heavy atom. The fraction of sp³-hybridized carbons (Fsp3) is 0.467. The highest BCUT2D eigenvalue weighted by atomic mass is 16.5. The maximum Gasteiger partial charge on any atom is 0.328 e. The molecule has 1 amide bonds. The van der Waals surface area contributed by atoms with Crippen LogP contribution in [0.4, 0.5) is 0 Å². The van der Waals surface area contributed by atoms with E-state index in [1.165, 1.54) is 19.1 Å². The molecule has 0 N–H and O–H groups in total. The van der Waals surface area contributed by atoms with Gasteiger partial charge in [-0.3, -0.25) is 4.79 Å². The van der Waals surface area contributed by atoms with Crippen LogP contribution in [-0.2, 0) is 14.3 Å². The summed E-state index contributed by atoms with van der Waals surface area (Å²) in [5.41, 5.74) is 0.472. The van der Waals surface area contributed by atoms with E-state index in [1.54, 1.807) is 31.4 Å². The van der Waals surface area contributed by atoms with Crippen LogP contribution in [0, 0.1) is 0 Å². The zero-order chi connectivity index (χ0) is 15.4. The van der Waals surface area contributed by atoms with Crippen LogP contribution >= 0.6 is 0 Å². The Morgan fingerprint density at radius 3 is 2.62 bits per heavy atom. The average molecular weight is 293 g/mol. The van der Waals surface area contributed by atoms with Gasteiger partial charge in [-0.25, -0.2) is 4.79 Å². The second-order valence-electron chi connectivity index (χ2n) is 4.82. The summed E-state index contributed by atoms with van der Waals surface area (Å²) >= 11 is 0. The summed E-state index contributed by atoms with van der Waals surface area (Å²) in [4.78, 5) is 26.0. The van der Waals surface area contributed by atoms with Crippen molar-refractivity contribution in [2.75, 3.05) is 27.9 Å². The number of hydrogen-bond donors (Lipinski definition) is 0. The maximum absolute atomic E-state index is 12.6. The molecule has 0 radical (unpaired) electrons. The molecule has 1 aromatic rings. The molecule has 0 saturated carbocycles. The number of carbonyl (C=O) groups is 2. The molecule has 1 heterocycles.